The second kappa shape index (κ2) is 3.82. The molecule has 1 aromatic carbocycles. The summed E-state index contributed by atoms with van der Waals surface area (Å²) >= 11 is 0. The average Bonchev–Trinajstić information content (AvgIpc) is 2.65. The van der Waals surface area contributed by atoms with Crippen LogP contribution in [0.15, 0.2) is 27.4 Å². The highest BCUT2D eigenvalue weighted by molar-refractivity contribution is 5.84. The number of nitrogens with one attached hydrogen (secondary N) is 2. The number of aromatic amines is 1. The predicted octanol–water partition coefficient (Wildman–Crippen LogP) is -0.133. The van der Waals surface area contributed by atoms with E-state index in [-0.39, 0.29) is 5.91 Å². The number of hydrogen-bond donors (Lipinski definition) is 3. The molecule has 2 aromatic rings. The molecule has 4 N–H and O–H groups in total. The molecule has 1 unspecified atom stereocenters. The number of rotatable bonds is 2. The quantitative estimate of drug-likeness (QED) is 0.657. The van der Waals surface area contributed by atoms with Gasteiger partial charge in [0, 0.05) is 7.05 Å². The molecule has 6 nitrogen and oxygen atoms in total. The summed E-state index contributed by atoms with van der Waals surface area (Å²) in [6, 6.07) is 4.12. The van der Waals surface area contributed by atoms with Crippen molar-refractivity contribution in [2.24, 2.45) is 5.73 Å². The third-order valence-electron chi connectivity index (χ3n) is 2.33. The number of amides is 1. The minimum atomic E-state index is -0.757. The van der Waals surface area contributed by atoms with Crippen molar-refractivity contribution in [1.29, 1.82) is 0 Å². The highest BCUT2D eigenvalue weighted by atomic mass is 16.4. The molecule has 0 fully saturated rings. The monoisotopic (exact) mass is 221 g/mol. The lowest BCUT2D eigenvalue weighted by atomic mass is 10.1. The second-order valence-electron chi connectivity index (χ2n) is 3.36. The van der Waals surface area contributed by atoms with Crippen LogP contribution in [0.1, 0.15) is 11.6 Å². The van der Waals surface area contributed by atoms with Gasteiger partial charge in [-0.05, 0) is 17.7 Å². The molecule has 0 saturated heterocycles. The van der Waals surface area contributed by atoms with Crippen molar-refractivity contribution in [2.45, 2.75) is 6.04 Å². The highest BCUT2D eigenvalue weighted by Crippen LogP contribution is 2.16. The average molecular weight is 221 g/mol. The summed E-state index contributed by atoms with van der Waals surface area (Å²) in [5, 5.41) is 2.46. The number of carbonyl (C=O) groups excluding carboxylic acids is 1. The standard InChI is InChI=1S/C10H11N3O3/c1-12-9(14)8(11)5-2-3-7-6(4-5)13-10(15)16-7/h2-4,8H,11H2,1H3,(H,12,14)(H,13,15). The first kappa shape index (κ1) is 10.4. The molecule has 1 amide bonds. The van der Waals surface area contributed by atoms with Crippen LogP contribution >= 0.6 is 0 Å². The summed E-state index contributed by atoms with van der Waals surface area (Å²) in [4.78, 5) is 24.8. The van der Waals surface area contributed by atoms with Gasteiger partial charge in [0.05, 0.1) is 5.52 Å². The van der Waals surface area contributed by atoms with Crippen LogP contribution in [0.3, 0.4) is 0 Å². The molecule has 6 heteroatoms. The summed E-state index contributed by atoms with van der Waals surface area (Å²) in [5.41, 5.74) is 7.30. The third-order valence-corrected chi connectivity index (χ3v) is 2.33. The van der Waals surface area contributed by atoms with E-state index in [0.717, 1.165) is 0 Å². The maximum atomic E-state index is 11.3. The molecular formula is C10H11N3O3. The van der Waals surface area contributed by atoms with Crippen molar-refractivity contribution < 1.29 is 9.21 Å². The summed E-state index contributed by atoms with van der Waals surface area (Å²) in [6.45, 7) is 0. The minimum absolute atomic E-state index is 0.287. The van der Waals surface area contributed by atoms with Crippen LogP contribution in [0.5, 0.6) is 0 Å². The zero-order valence-corrected chi connectivity index (χ0v) is 8.61. The van der Waals surface area contributed by atoms with E-state index in [1.54, 1.807) is 18.2 Å². The molecule has 1 heterocycles. The van der Waals surface area contributed by atoms with Gasteiger partial charge in [0.15, 0.2) is 5.58 Å². The van der Waals surface area contributed by atoms with Crippen molar-refractivity contribution in [3.05, 3.63) is 34.3 Å². The van der Waals surface area contributed by atoms with Crippen LogP contribution in [0.25, 0.3) is 11.1 Å². The van der Waals surface area contributed by atoms with Gasteiger partial charge in [-0.3, -0.25) is 9.78 Å². The van der Waals surface area contributed by atoms with Crippen LogP contribution in [-0.2, 0) is 4.79 Å². The Bertz CT molecular complexity index is 584. The van der Waals surface area contributed by atoms with E-state index in [4.69, 9.17) is 10.2 Å². The molecule has 0 radical (unpaired) electrons. The van der Waals surface area contributed by atoms with E-state index >= 15 is 0 Å². The molecule has 0 aliphatic rings. The van der Waals surface area contributed by atoms with Crippen LogP contribution in [-0.4, -0.2) is 17.9 Å². The first-order chi connectivity index (χ1) is 7.61. The summed E-state index contributed by atoms with van der Waals surface area (Å²) in [7, 11) is 1.51. The van der Waals surface area contributed by atoms with Gasteiger partial charge < -0.3 is 15.5 Å². The third kappa shape index (κ3) is 1.70. The Hall–Kier alpha value is -2.08. The Kier molecular flexibility index (Phi) is 2.49. The normalized spacial score (nSPS) is 12.6. The number of likely N-dealkylation sites (N-methyl/N-ethyl adjacent to an activating group) is 1. The number of aromatic nitrogens is 1. The molecule has 1 aromatic heterocycles. The Balaban J connectivity index is 2.46. The van der Waals surface area contributed by atoms with Crippen molar-refractivity contribution in [1.82, 2.24) is 10.3 Å². The summed E-state index contributed by atoms with van der Waals surface area (Å²) in [6.07, 6.45) is 0. The van der Waals surface area contributed by atoms with E-state index in [1.807, 2.05) is 0 Å². The first-order valence-electron chi connectivity index (χ1n) is 4.72. The zero-order chi connectivity index (χ0) is 11.7. The Morgan fingerprint density at radius 1 is 1.56 bits per heavy atom. The molecule has 0 bridgehead atoms. The highest BCUT2D eigenvalue weighted by Gasteiger charge is 2.15. The number of carbonyl (C=O) groups is 1. The van der Waals surface area contributed by atoms with Gasteiger partial charge in [0.25, 0.3) is 0 Å². The van der Waals surface area contributed by atoms with E-state index in [2.05, 4.69) is 10.3 Å². The van der Waals surface area contributed by atoms with Gasteiger partial charge in [-0.25, -0.2) is 4.79 Å². The van der Waals surface area contributed by atoms with Crippen molar-refractivity contribution in [3.63, 3.8) is 0 Å². The van der Waals surface area contributed by atoms with Gasteiger partial charge in [-0.15, -0.1) is 0 Å². The van der Waals surface area contributed by atoms with E-state index in [0.29, 0.717) is 16.7 Å². The molecule has 16 heavy (non-hydrogen) atoms. The fourth-order valence-corrected chi connectivity index (χ4v) is 1.47. The number of oxazole rings is 1. The largest absolute Gasteiger partial charge is 0.417 e. The maximum absolute atomic E-state index is 11.3. The second-order valence-corrected chi connectivity index (χ2v) is 3.36. The van der Waals surface area contributed by atoms with E-state index < -0.39 is 11.8 Å². The van der Waals surface area contributed by atoms with Crippen LogP contribution in [0, 0.1) is 0 Å². The Labute approximate surface area is 90.4 Å². The lowest BCUT2D eigenvalue weighted by Gasteiger charge is -2.09. The lowest BCUT2D eigenvalue weighted by Crippen LogP contribution is -2.31. The van der Waals surface area contributed by atoms with Gasteiger partial charge >= 0.3 is 5.76 Å². The smallest absolute Gasteiger partial charge is 0.408 e. The number of H-pyrrole nitrogens is 1. The SMILES string of the molecule is CNC(=O)C(N)c1ccc2oc(=O)[nH]c2c1. The summed E-state index contributed by atoms with van der Waals surface area (Å²) in [5.74, 6) is -0.814. The fraction of sp³-hybridized carbons (Fsp3) is 0.200. The molecule has 1 atom stereocenters. The van der Waals surface area contributed by atoms with Crippen molar-refractivity contribution >= 4 is 17.0 Å². The Morgan fingerprint density at radius 2 is 2.31 bits per heavy atom. The van der Waals surface area contributed by atoms with Gasteiger partial charge in [0.2, 0.25) is 5.91 Å². The lowest BCUT2D eigenvalue weighted by molar-refractivity contribution is -0.121. The minimum Gasteiger partial charge on any atom is -0.408 e. The van der Waals surface area contributed by atoms with E-state index in [1.165, 1.54) is 7.05 Å². The first-order valence-corrected chi connectivity index (χ1v) is 4.72. The topological polar surface area (TPSA) is 101 Å². The Morgan fingerprint density at radius 3 is 3.00 bits per heavy atom. The van der Waals surface area contributed by atoms with E-state index in [9.17, 15) is 9.59 Å². The predicted molar refractivity (Wildman–Crippen MR) is 57.8 cm³/mol. The number of nitrogens with two attached hydrogens (primary N) is 1. The molecule has 0 spiro atoms. The van der Waals surface area contributed by atoms with Crippen LogP contribution in [0.4, 0.5) is 0 Å². The number of benzene rings is 1. The summed E-state index contributed by atoms with van der Waals surface area (Å²) < 4.78 is 4.84. The van der Waals surface area contributed by atoms with Gasteiger partial charge in [-0.2, -0.15) is 0 Å². The maximum Gasteiger partial charge on any atom is 0.417 e. The van der Waals surface area contributed by atoms with Crippen molar-refractivity contribution in [3.8, 4) is 0 Å². The molecule has 84 valence electrons. The zero-order valence-electron chi connectivity index (χ0n) is 8.61. The van der Waals surface area contributed by atoms with Crippen LogP contribution in [0.2, 0.25) is 0 Å². The van der Waals surface area contributed by atoms with Gasteiger partial charge in [-0.1, -0.05) is 6.07 Å². The molecule has 0 aliphatic heterocycles. The molecular weight excluding hydrogens is 210 g/mol. The molecule has 0 saturated carbocycles. The molecule has 0 aliphatic carbocycles. The van der Waals surface area contributed by atoms with Crippen LogP contribution < -0.4 is 16.8 Å². The number of hydrogen-bond acceptors (Lipinski definition) is 4. The fourth-order valence-electron chi connectivity index (χ4n) is 1.47. The van der Waals surface area contributed by atoms with Gasteiger partial charge in [0.1, 0.15) is 6.04 Å². The van der Waals surface area contributed by atoms with Crippen molar-refractivity contribution in [2.75, 3.05) is 7.05 Å². The number of fused-ring (bicyclic) bond motifs is 1. The molecule has 2 rings (SSSR count).